The summed E-state index contributed by atoms with van der Waals surface area (Å²) in [5.41, 5.74) is 0.495. The number of rotatable bonds is 5. The van der Waals surface area contributed by atoms with Crippen molar-refractivity contribution in [2.75, 3.05) is 5.32 Å². The first-order valence-electron chi connectivity index (χ1n) is 8.87. The third kappa shape index (κ3) is 6.13. The number of anilines is 1. The summed E-state index contributed by atoms with van der Waals surface area (Å²) in [6, 6.07) is 9.09. The molecule has 0 aliphatic rings. The number of carbonyl (C=O) groups excluding carboxylic acids is 2. The lowest BCUT2D eigenvalue weighted by Crippen LogP contribution is -2.16. The number of ether oxygens (including phenoxy) is 2. The van der Waals surface area contributed by atoms with Gasteiger partial charge in [-0.25, -0.2) is 0 Å². The average molecular weight is 687 g/mol. The number of halogens is 5. The van der Waals surface area contributed by atoms with Crippen molar-refractivity contribution in [2.45, 2.75) is 20.0 Å². The van der Waals surface area contributed by atoms with Crippen LogP contribution in [-0.4, -0.2) is 11.9 Å². The zero-order chi connectivity index (χ0) is 23.6. The van der Waals surface area contributed by atoms with E-state index in [0.717, 1.165) is 26.4 Å². The smallest absolute Gasteiger partial charge is 0.417 e. The maximum atomic E-state index is 12.9. The molecular weight excluding hydrogens is 673 g/mol. The summed E-state index contributed by atoms with van der Waals surface area (Å²) >= 11 is 4.90. The third-order valence-electron chi connectivity index (χ3n) is 4.04. The van der Waals surface area contributed by atoms with Crippen LogP contribution in [0.2, 0.25) is 0 Å². The predicted octanol–water partition coefficient (Wildman–Crippen LogP) is 7.25. The minimum absolute atomic E-state index is 0.108. The van der Waals surface area contributed by atoms with E-state index in [1.165, 1.54) is 6.92 Å². The molecule has 1 amide bonds. The number of nitrogens with one attached hydrogen (secondary N) is 1. The van der Waals surface area contributed by atoms with Crippen molar-refractivity contribution in [2.24, 2.45) is 0 Å². The molecule has 5 nitrogen and oxygen atoms in total. The van der Waals surface area contributed by atoms with Crippen molar-refractivity contribution < 1.29 is 32.2 Å². The number of aryl methyl sites for hydroxylation is 1. The monoisotopic (exact) mass is 687 g/mol. The Kier molecular flexibility index (Phi) is 7.70. The molecule has 0 spiro atoms. The van der Waals surface area contributed by atoms with Crippen LogP contribution in [0.3, 0.4) is 0 Å². The van der Waals surface area contributed by atoms with Crippen LogP contribution in [0.25, 0.3) is 0 Å². The fourth-order valence-electron chi connectivity index (χ4n) is 2.64. The molecule has 0 fully saturated rings. The second-order valence-corrected chi connectivity index (χ2v) is 9.83. The zero-order valence-corrected chi connectivity index (χ0v) is 21.6. The Morgan fingerprint density at radius 1 is 1.09 bits per heavy atom. The molecule has 0 unspecified atom stereocenters. The molecule has 0 aliphatic heterocycles. The topological polar surface area (TPSA) is 64.6 Å². The Morgan fingerprint density at radius 2 is 1.81 bits per heavy atom. The van der Waals surface area contributed by atoms with E-state index in [4.69, 9.17) is 9.47 Å². The molecule has 3 rings (SSSR count). The Bertz CT molecular complexity index is 1190. The predicted molar refractivity (Wildman–Crippen MR) is 132 cm³/mol. The van der Waals surface area contributed by atoms with E-state index < -0.39 is 23.6 Å². The average Bonchev–Trinajstić information content (AvgIpc) is 3.15. The molecule has 1 heterocycles. The number of amides is 1. The van der Waals surface area contributed by atoms with Crippen molar-refractivity contribution in [1.82, 2.24) is 0 Å². The summed E-state index contributed by atoms with van der Waals surface area (Å²) in [4.78, 5) is 24.3. The van der Waals surface area contributed by atoms with Crippen LogP contribution in [-0.2, 0) is 11.0 Å². The highest BCUT2D eigenvalue weighted by Crippen LogP contribution is 2.38. The van der Waals surface area contributed by atoms with Gasteiger partial charge in [0.1, 0.15) is 5.75 Å². The standard InChI is InChI=1S/C21H14F3I2NO4S/c1-10-5-14(3-4-17(10)31-18-6-12(9-32-18)21(22,23)24)27-20(29)15-7-13(25)8-16(26)19(15)30-11(2)28/h3-9H,1-2H3,(H,27,29). The van der Waals surface area contributed by atoms with Crippen LogP contribution < -0.4 is 14.8 Å². The van der Waals surface area contributed by atoms with Crippen molar-refractivity contribution in [3.63, 3.8) is 0 Å². The van der Waals surface area contributed by atoms with E-state index in [0.29, 0.717) is 20.6 Å². The molecule has 1 aromatic heterocycles. The molecule has 32 heavy (non-hydrogen) atoms. The number of alkyl halides is 3. The SMILES string of the molecule is CC(=O)Oc1c(I)cc(I)cc1C(=O)Nc1ccc(Oc2cc(C(F)(F)F)cs2)c(C)c1. The summed E-state index contributed by atoms with van der Waals surface area (Å²) in [5, 5.41) is 3.84. The molecule has 0 bridgehead atoms. The van der Waals surface area contributed by atoms with Crippen LogP contribution in [0.1, 0.15) is 28.4 Å². The maximum Gasteiger partial charge on any atom is 0.417 e. The van der Waals surface area contributed by atoms with Crippen LogP contribution in [0.5, 0.6) is 16.6 Å². The van der Waals surface area contributed by atoms with Gasteiger partial charge in [-0.3, -0.25) is 9.59 Å². The van der Waals surface area contributed by atoms with Crippen molar-refractivity contribution in [3.05, 3.63) is 65.6 Å². The largest absolute Gasteiger partial charge is 0.446 e. The van der Waals surface area contributed by atoms with Crippen LogP contribution in [0.15, 0.2) is 41.8 Å². The molecule has 0 saturated carbocycles. The van der Waals surface area contributed by atoms with Crippen LogP contribution >= 0.6 is 56.5 Å². The van der Waals surface area contributed by atoms with Gasteiger partial charge in [0.05, 0.1) is 14.7 Å². The number of benzene rings is 2. The Balaban J connectivity index is 1.80. The quantitative estimate of drug-likeness (QED) is 0.175. The summed E-state index contributed by atoms with van der Waals surface area (Å²) < 4.78 is 50.5. The van der Waals surface area contributed by atoms with Crippen molar-refractivity contribution in [3.8, 4) is 16.6 Å². The second-order valence-electron chi connectivity index (χ2n) is 6.55. The van der Waals surface area contributed by atoms with E-state index in [1.54, 1.807) is 37.3 Å². The summed E-state index contributed by atoms with van der Waals surface area (Å²) in [5.74, 6) is -0.481. The molecule has 3 aromatic rings. The number of hydrogen-bond donors (Lipinski definition) is 1. The van der Waals surface area contributed by atoms with Gasteiger partial charge in [0, 0.05) is 27.6 Å². The van der Waals surface area contributed by atoms with Crippen LogP contribution in [0, 0.1) is 14.1 Å². The molecule has 1 N–H and O–H groups in total. The van der Waals surface area contributed by atoms with E-state index in [9.17, 15) is 22.8 Å². The summed E-state index contributed by atoms with van der Waals surface area (Å²) in [6.07, 6.45) is -4.43. The highest BCUT2D eigenvalue weighted by atomic mass is 127. The van der Waals surface area contributed by atoms with Gasteiger partial charge < -0.3 is 14.8 Å². The number of thiophene rings is 1. The van der Waals surface area contributed by atoms with Gasteiger partial charge in [0.15, 0.2) is 10.8 Å². The molecule has 168 valence electrons. The van der Waals surface area contributed by atoms with E-state index >= 15 is 0 Å². The minimum atomic E-state index is -4.43. The van der Waals surface area contributed by atoms with Crippen molar-refractivity contribution >= 4 is 74.1 Å². The highest BCUT2D eigenvalue weighted by molar-refractivity contribution is 14.1. The van der Waals surface area contributed by atoms with E-state index in [-0.39, 0.29) is 16.4 Å². The third-order valence-corrected chi connectivity index (χ3v) is 6.27. The molecule has 0 radical (unpaired) electrons. The van der Waals surface area contributed by atoms with E-state index in [2.05, 4.69) is 27.9 Å². The first kappa shape index (κ1) is 24.8. The van der Waals surface area contributed by atoms with Gasteiger partial charge in [-0.15, -0.1) is 11.3 Å². The molecule has 0 aliphatic carbocycles. The first-order valence-corrected chi connectivity index (χ1v) is 11.9. The summed E-state index contributed by atoms with van der Waals surface area (Å²) in [6.45, 7) is 2.96. The van der Waals surface area contributed by atoms with Gasteiger partial charge in [-0.2, -0.15) is 13.2 Å². The minimum Gasteiger partial charge on any atom is -0.446 e. The molecular formula is C21H14F3I2NO4S. The number of hydrogen-bond acceptors (Lipinski definition) is 5. The summed E-state index contributed by atoms with van der Waals surface area (Å²) in [7, 11) is 0. The molecule has 11 heteroatoms. The Labute approximate surface area is 212 Å². The first-order chi connectivity index (χ1) is 14.9. The Morgan fingerprint density at radius 3 is 2.41 bits per heavy atom. The van der Waals surface area contributed by atoms with Gasteiger partial charge in [-0.05, 0) is 88.0 Å². The molecule has 2 aromatic carbocycles. The van der Waals surface area contributed by atoms with Gasteiger partial charge in [0.25, 0.3) is 5.91 Å². The maximum absolute atomic E-state index is 12.9. The molecule has 0 saturated heterocycles. The number of esters is 1. The lowest BCUT2D eigenvalue weighted by Gasteiger charge is -2.13. The lowest BCUT2D eigenvalue weighted by atomic mass is 10.1. The normalized spacial score (nSPS) is 11.2. The zero-order valence-electron chi connectivity index (χ0n) is 16.5. The second kappa shape index (κ2) is 9.95. The highest BCUT2D eigenvalue weighted by Gasteiger charge is 2.32. The van der Waals surface area contributed by atoms with E-state index in [1.807, 2.05) is 22.6 Å². The fraction of sp³-hybridized carbons (Fsp3) is 0.143. The molecule has 0 atom stereocenters. The number of carbonyl (C=O) groups is 2. The Hall–Kier alpha value is -1.87. The van der Waals surface area contributed by atoms with Gasteiger partial charge in [0.2, 0.25) is 0 Å². The lowest BCUT2D eigenvalue weighted by molar-refractivity contribution is -0.137. The van der Waals surface area contributed by atoms with Gasteiger partial charge >= 0.3 is 12.1 Å². The van der Waals surface area contributed by atoms with Gasteiger partial charge in [-0.1, -0.05) is 0 Å². The fourth-order valence-corrected chi connectivity index (χ4v) is 5.38. The van der Waals surface area contributed by atoms with Crippen LogP contribution in [0.4, 0.5) is 18.9 Å². The van der Waals surface area contributed by atoms with Crippen molar-refractivity contribution in [1.29, 1.82) is 0 Å².